The summed E-state index contributed by atoms with van der Waals surface area (Å²) in [6, 6.07) is 9.11. The van der Waals surface area contributed by atoms with Gasteiger partial charge in [-0.2, -0.15) is 0 Å². The summed E-state index contributed by atoms with van der Waals surface area (Å²) in [5.41, 5.74) is 0. The molecule has 2 unspecified atom stereocenters. The van der Waals surface area contributed by atoms with Crippen LogP contribution >= 0.6 is 11.6 Å². The molecular weight excluding hydrogens is 300 g/mol. The van der Waals surface area contributed by atoms with Gasteiger partial charge in [-0.25, -0.2) is 4.79 Å². The number of carbonyl (C=O) groups excluding carboxylic acids is 1. The molecule has 0 aromatic heterocycles. The summed E-state index contributed by atoms with van der Waals surface area (Å²) in [5, 5.41) is -1.45. The van der Waals surface area contributed by atoms with E-state index in [4.69, 9.17) is 21.1 Å². The Morgan fingerprint density at radius 1 is 1.23 bits per heavy atom. The second-order valence-corrected chi connectivity index (χ2v) is 6.12. The highest BCUT2D eigenvalue weighted by molar-refractivity contribution is 6.32. The summed E-state index contributed by atoms with van der Waals surface area (Å²) in [6.45, 7) is 6.49. The maximum Gasteiger partial charge on any atom is 0.366 e. The van der Waals surface area contributed by atoms with Crippen LogP contribution in [0.2, 0.25) is 0 Å². The molecule has 0 aliphatic heterocycles. The average Bonchev–Trinajstić information content (AvgIpc) is 2.55. The van der Waals surface area contributed by atoms with Gasteiger partial charge in [-0.05, 0) is 24.5 Å². The van der Waals surface area contributed by atoms with Crippen molar-refractivity contribution in [1.29, 1.82) is 0 Å². The molecule has 0 heterocycles. The van der Waals surface area contributed by atoms with Crippen LogP contribution in [-0.4, -0.2) is 17.6 Å². The van der Waals surface area contributed by atoms with Crippen molar-refractivity contribution in [3.05, 3.63) is 30.3 Å². The topological polar surface area (TPSA) is 35.5 Å². The van der Waals surface area contributed by atoms with E-state index in [2.05, 4.69) is 13.8 Å². The molecule has 0 aliphatic rings. The second kappa shape index (κ2) is 9.73. The molecule has 1 aromatic carbocycles. The van der Waals surface area contributed by atoms with Gasteiger partial charge in [0.25, 0.3) is 5.06 Å². The third kappa shape index (κ3) is 5.88. The SMILES string of the molecule is CCCCC(CC)COC(=O)C(Cl)(CC)Oc1ccccc1. The Bertz CT molecular complexity index is 435. The highest BCUT2D eigenvalue weighted by Crippen LogP contribution is 2.27. The van der Waals surface area contributed by atoms with Crippen molar-refractivity contribution >= 4 is 17.6 Å². The van der Waals surface area contributed by atoms with Crippen molar-refractivity contribution in [3.8, 4) is 5.75 Å². The Hall–Kier alpha value is -1.22. The Morgan fingerprint density at radius 3 is 2.45 bits per heavy atom. The van der Waals surface area contributed by atoms with Crippen molar-refractivity contribution in [2.75, 3.05) is 6.61 Å². The summed E-state index contributed by atoms with van der Waals surface area (Å²) in [6.07, 6.45) is 4.70. The van der Waals surface area contributed by atoms with Crippen LogP contribution in [0.5, 0.6) is 5.75 Å². The monoisotopic (exact) mass is 326 g/mol. The summed E-state index contributed by atoms with van der Waals surface area (Å²) < 4.78 is 11.1. The first-order valence-corrected chi connectivity index (χ1v) is 8.53. The maximum atomic E-state index is 12.3. The van der Waals surface area contributed by atoms with Gasteiger partial charge >= 0.3 is 5.97 Å². The van der Waals surface area contributed by atoms with Gasteiger partial charge in [0.1, 0.15) is 5.75 Å². The number of hydrogen-bond donors (Lipinski definition) is 0. The van der Waals surface area contributed by atoms with Gasteiger partial charge in [0.15, 0.2) is 0 Å². The molecule has 0 spiro atoms. The number of rotatable bonds is 10. The third-order valence-corrected chi connectivity index (χ3v) is 4.27. The lowest BCUT2D eigenvalue weighted by atomic mass is 10.0. The van der Waals surface area contributed by atoms with E-state index in [0.717, 1.165) is 25.7 Å². The second-order valence-electron chi connectivity index (χ2n) is 5.51. The van der Waals surface area contributed by atoms with Gasteiger partial charge in [0, 0.05) is 6.42 Å². The third-order valence-electron chi connectivity index (χ3n) is 3.78. The predicted octanol–water partition coefficient (Wildman–Crippen LogP) is 5.17. The standard InChI is InChI=1S/C18H27ClO3/c1-4-7-11-15(5-2)14-21-17(20)18(19,6-3)22-16-12-9-8-10-13-16/h8-10,12-13,15H,4-7,11,14H2,1-3H3. The fourth-order valence-corrected chi connectivity index (χ4v) is 2.28. The Labute approximate surface area is 139 Å². The van der Waals surface area contributed by atoms with E-state index in [-0.39, 0.29) is 0 Å². The van der Waals surface area contributed by atoms with Crippen molar-refractivity contribution in [1.82, 2.24) is 0 Å². The number of hydrogen-bond acceptors (Lipinski definition) is 3. The number of esters is 1. The molecule has 1 rings (SSSR count). The Morgan fingerprint density at radius 2 is 1.91 bits per heavy atom. The Kier molecular flexibility index (Phi) is 8.32. The molecule has 0 fully saturated rings. The molecule has 4 heteroatoms. The smallest absolute Gasteiger partial charge is 0.366 e. The maximum absolute atomic E-state index is 12.3. The number of unbranched alkanes of at least 4 members (excludes halogenated alkanes) is 1. The fourth-order valence-electron chi connectivity index (χ4n) is 2.13. The van der Waals surface area contributed by atoms with Crippen molar-refractivity contribution < 1.29 is 14.3 Å². The molecule has 0 saturated carbocycles. The van der Waals surface area contributed by atoms with E-state index >= 15 is 0 Å². The lowest BCUT2D eigenvalue weighted by molar-refractivity contribution is -0.157. The van der Waals surface area contributed by atoms with Gasteiger partial charge in [-0.1, -0.05) is 69.8 Å². The van der Waals surface area contributed by atoms with Crippen molar-refractivity contribution in [2.45, 2.75) is 57.9 Å². The average molecular weight is 327 g/mol. The summed E-state index contributed by atoms with van der Waals surface area (Å²) >= 11 is 6.34. The van der Waals surface area contributed by atoms with Crippen LogP contribution in [0.1, 0.15) is 52.9 Å². The van der Waals surface area contributed by atoms with Crippen LogP contribution < -0.4 is 4.74 Å². The quantitative estimate of drug-likeness (QED) is 0.439. The Balaban J connectivity index is 2.59. The zero-order valence-corrected chi connectivity index (χ0v) is 14.6. The van der Waals surface area contributed by atoms with E-state index in [9.17, 15) is 4.79 Å². The lowest BCUT2D eigenvalue weighted by Crippen LogP contribution is -2.40. The molecule has 124 valence electrons. The first-order chi connectivity index (χ1) is 10.6. The van der Waals surface area contributed by atoms with Crippen LogP contribution in [0.25, 0.3) is 0 Å². The molecule has 0 saturated heterocycles. The minimum atomic E-state index is -1.45. The largest absolute Gasteiger partial charge is 0.461 e. The molecule has 0 radical (unpaired) electrons. The van der Waals surface area contributed by atoms with Crippen LogP contribution in [0.15, 0.2) is 30.3 Å². The van der Waals surface area contributed by atoms with Crippen LogP contribution in [-0.2, 0) is 9.53 Å². The molecule has 3 nitrogen and oxygen atoms in total. The lowest BCUT2D eigenvalue weighted by Gasteiger charge is -2.26. The number of halogens is 1. The van der Waals surface area contributed by atoms with Crippen LogP contribution in [0, 0.1) is 5.92 Å². The molecule has 0 amide bonds. The normalized spacial score (nSPS) is 14.9. The number of carbonyl (C=O) groups is 1. The van der Waals surface area contributed by atoms with E-state index in [1.807, 2.05) is 25.1 Å². The number of ether oxygens (including phenoxy) is 2. The first-order valence-electron chi connectivity index (χ1n) is 8.15. The minimum Gasteiger partial charge on any atom is -0.461 e. The number of para-hydroxylation sites is 1. The molecule has 0 aliphatic carbocycles. The number of alkyl halides is 1. The number of benzene rings is 1. The van der Waals surface area contributed by atoms with Gasteiger partial charge in [0.05, 0.1) is 6.61 Å². The summed E-state index contributed by atoms with van der Waals surface area (Å²) in [4.78, 5) is 12.3. The summed E-state index contributed by atoms with van der Waals surface area (Å²) in [5.74, 6) is 0.447. The molecule has 0 N–H and O–H groups in total. The van der Waals surface area contributed by atoms with Gasteiger partial charge < -0.3 is 9.47 Å². The summed E-state index contributed by atoms with van der Waals surface area (Å²) in [7, 11) is 0. The van der Waals surface area contributed by atoms with Gasteiger partial charge in [-0.3, -0.25) is 0 Å². The van der Waals surface area contributed by atoms with Gasteiger partial charge in [-0.15, -0.1) is 0 Å². The van der Waals surface area contributed by atoms with E-state index in [1.54, 1.807) is 12.1 Å². The zero-order valence-electron chi connectivity index (χ0n) is 13.8. The van der Waals surface area contributed by atoms with E-state index in [0.29, 0.717) is 24.7 Å². The minimum absolute atomic E-state index is 0.341. The van der Waals surface area contributed by atoms with Crippen LogP contribution in [0.3, 0.4) is 0 Å². The highest BCUT2D eigenvalue weighted by atomic mass is 35.5. The van der Waals surface area contributed by atoms with Gasteiger partial charge in [0.2, 0.25) is 0 Å². The van der Waals surface area contributed by atoms with Crippen molar-refractivity contribution in [3.63, 3.8) is 0 Å². The van der Waals surface area contributed by atoms with E-state index in [1.165, 1.54) is 0 Å². The van der Waals surface area contributed by atoms with Crippen LogP contribution in [0.4, 0.5) is 0 Å². The molecule has 2 atom stereocenters. The molecule has 22 heavy (non-hydrogen) atoms. The molecular formula is C18H27ClO3. The van der Waals surface area contributed by atoms with E-state index < -0.39 is 11.0 Å². The predicted molar refractivity (Wildman–Crippen MR) is 90.2 cm³/mol. The zero-order chi connectivity index (χ0) is 16.4. The van der Waals surface area contributed by atoms with Crippen molar-refractivity contribution in [2.24, 2.45) is 5.92 Å². The highest BCUT2D eigenvalue weighted by Gasteiger charge is 2.39. The molecule has 0 bridgehead atoms. The fraction of sp³-hybridized carbons (Fsp3) is 0.611. The molecule has 1 aromatic rings. The first kappa shape index (κ1) is 18.8.